The highest BCUT2D eigenvalue weighted by atomic mass is 16.6. The molecule has 0 saturated carbocycles. The van der Waals surface area contributed by atoms with Gasteiger partial charge in [-0.2, -0.15) is 0 Å². The number of hydrogen-bond acceptors (Lipinski definition) is 6. The maximum Gasteiger partial charge on any atom is 0.410 e. The van der Waals surface area contributed by atoms with Gasteiger partial charge in [0, 0.05) is 36.7 Å². The summed E-state index contributed by atoms with van der Waals surface area (Å²) in [6.07, 6.45) is 1.87. The predicted molar refractivity (Wildman–Crippen MR) is 145 cm³/mol. The first-order chi connectivity index (χ1) is 17.7. The third-order valence-corrected chi connectivity index (χ3v) is 6.47. The number of carbonyl (C=O) groups excluding carboxylic acids is 1. The summed E-state index contributed by atoms with van der Waals surface area (Å²) in [5.74, 6) is 1.18. The fourth-order valence-electron chi connectivity index (χ4n) is 4.76. The Bertz CT molecular complexity index is 1210. The Morgan fingerprint density at radius 1 is 1.14 bits per heavy atom. The van der Waals surface area contributed by atoms with Crippen molar-refractivity contribution in [2.75, 3.05) is 25.4 Å². The second-order valence-electron chi connectivity index (χ2n) is 10.5. The number of nitrogens with two attached hydrogens (primary N) is 1. The molecule has 7 nitrogen and oxygen atoms in total. The molecule has 3 N–H and O–H groups in total. The molecule has 37 heavy (non-hydrogen) atoms. The van der Waals surface area contributed by atoms with Gasteiger partial charge in [-0.25, -0.2) is 9.78 Å². The number of para-hydroxylation sites is 1. The van der Waals surface area contributed by atoms with Gasteiger partial charge in [0.05, 0.1) is 5.69 Å². The lowest BCUT2D eigenvalue weighted by atomic mass is 9.86. The number of aromatic nitrogens is 1. The second-order valence-corrected chi connectivity index (χ2v) is 10.5. The predicted octanol–water partition coefficient (Wildman–Crippen LogP) is 5.56. The van der Waals surface area contributed by atoms with Crippen LogP contribution in [-0.4, -0.2) is 46.4 Å². The number of amides is 1. The molecule has 1 aliphatic rings. The average Bonchev–Trinajstić information content (AvgIpc) is 2.88. The van der Waals surface area contributed by atoms with E-state index in [4.69, 9.17) is 20.2 Å². The minimum Gasteiger partial charge on any atom is -0.488 e. The number of nitrogen functional groups attached to an aromatic ring is 1. The first-order valence-electron chi connectivity index (χ1n) is 12.9. The van der Waals surface area contributed by atoms with Gasteiger partial charge in [-0.3, -0.25) is 0 Å². The van der Waals surface area contributed by atoms with E-state index in [1.165, 1.54) is 0 Å². The van der Waals surface area contributed by atoms with Gasteiger partial charge in [-0.05, 0) is 69.4 Å². The summed E-state index contributed by atoms with van der Waals surface area (Å²) >= 11 is 0. The van der Waals surface area contributed by atoms with Crippen molar-refractivity contribution in [3.8, 4) is 17.0 Å². The first kappa shape index (κ1) is 26.5. The molecule has 7 heteroatoms. The Morgan fingerprint density at radius 2 is 1.86 bits per heavy atom. The molecule has 1 fully saturated rings. The molecule has 0 bridgehead atoms. The SMILES string of the molecule is CC(C)(C)OC(=O)N1CCCC(c2cc(-c3ccccc3OCc3ccccc3)nc(N)c2CCO)C1. The molecule has 2 heterocycles. The number of anilines is 1. The van der Waals surface area contributed by atoms with Crippen LogP contribution in [0.5, 0.6) is 5.75 Å². The molecule has 3 aromatic rings. The monoisotopic (exact) mass is 503 g/mol. The van der Waals surface area contributed by atoms with Crippen LogP contribution in [0.15, 0.2) is 60.7 Å². The summed E-state index contributed by atoms with van der Waals surface area (Å²) in [6, 6.07) is 19.9. The molecule has 1 saturated heterocycles. The number of hydrogen-bond donors (Lipinski definition) is 2. The zero-order chi connectivity index (χ0) is 26.4. The van der Waals surface area contributed by atoms with Gasteiger partial charge < -0.3 is 25.2 Å². The fourth-order valence-corrected chi connectivity index (χ4v) is 4.76. The molecule has 1 aromatic heterocycles. The first-order valence-corrected chi connectivity index (χ1v) is 12.9. The summed E-state index contributed by atoms with van der Waals surface area (Å²) in [5, 5.41) is 9.76. The van der Waals surface area contributed by atoms with Crippen LogP contribution in [0.4, 0.5) is 10.6 Å². The third-order valence-electron chi connectivity index (χ3n) is 6.47. The number of ether oxygens (including phenoxy) is 2. The van der Waals surface area contributed by atoms with Gasteiger partial charge in [-0.15, -0.1) is 0 Å². The van der Waals surface area contributed by atoms with Crippen molar-refractivity contribution in [1.29, 1.82) is 0 Å². The standard InChI is InChI=1S/C30H37N3O4/c1-30(2,3)37-29(35)33-16-9-12-22(19-33)25-18-26(32-28(31)23(25)15-17-34)24-13-7-8-14-27(24)36-20-21-10-5-4-6-11-21/h4-8,10-11,13-14,18,22,34H,9,12,15-17,19-20H2,1-3H3,(H2,31,32). The van der Waals surface area contributed by atoms with Crippen molar-refractivity contribution in [3.63, 3.8) is 0 Å². The number of likely N-dealkylation sites (tertiary alicyclic amines) is 1. The number of nitrogens with zero attached hydrogens (tertiary/aromatic N) is 2. The van der Waals surface area contributed by atoms with Crippen LogP contribution in [0.3, 0.4) is 0 Å². The molecule has 1 atom stereocenters. The number of aliphatic hydroxyl groups is 1. The number of piperidine rings is 1. The van der Waals surface area contributed by atoms with E-state index in [-0.39, 0.29) is 18.6 Å². The van der Waals surface area contributed by atoms with E-state index in [0.717, 1.165) is 40.8 Å². The molecule has 4 rings (SSSR count). The molecule has 0 aliphatic carbocycles. The highest BCUT2D eigenvalue weighted by Crippen LogP contribution is 2.37. The van der Waals surface area contributed by atoms with Gasteiger partial charge in [0.25, 0.3) is 0 Å². The Labute approximate surface area is 219 Å². The Hall–Kier alpha value is -3.58. The maximum atomic E-state index is 12.8. The zero-order valence-corrected chi connectivity index (χ0v) is 21.9. The van der Waals surface area contributed by atoms with Crippen LogP contribution >= 0.6 is 0 Å². The molecule has 2 aromatic carbocycles. The average molecular weight is 504 g/mol. The maximum absolute atomic E-state index is 12.8. The Balaban J connectivity index is 1.65. The largest absolute Gasteiger partial charge is 0.488 e. The molecule has 1 amide bonds. The fraction of sp³-hybridized carbons (Fsp3) is 0.400. The van der Waals surface area contributed by atoms with Crippen LogP contribution in [0.25, 0.3) is 11.3 Å². The van der Waals surface area contributed by atoms with Crippen molar-refractivity contribution in [3.05, 3.63) is 77.4 Å². The minimum atomic E-state index is -0.552. The topological polar surface area (TPSA) is 97.9 Å². The molecule has 0 spiro atoms. The van der Waals surface area contributed by atoms with E-state index >= 15 is 0 Å². The van der Waals surface area contributed by atoms with E-state index in [1.807, 2.05) is 75.4 Å². The molecular formula is C30H37N3O4. The number of aliphatic hydroxyl groups excluding tert-OH is 1. The van der Waals surface area contributed by atoms with E-state index in [0.29, 0.717) is 37.6 Å². The Morgan fingerprint density at radius 3 is 2.59 bits per heavy atom. The quantitative estimate of drug-likeness (QED) is 0.438. The van der Waals surface area contributed by atoms with Crippen LogP contribution in [0.2, 0.25) is 0 Å². The van der Waals surface area contributed by atoms with Crippen LogP contribution in [0.1, 0.15) is 56.2 Å². The zero-order valence-electron chi connectivity index (χ0n) is 21.9. The number of pyridine rings is 1. The molecule has 1 aliphatic heterocycles. The van der Waals surface area contributed by atoms with E-state index in [2.05, 4.69) is 6.07 Å². The normalized spacial score (nSPS) is 15.9. The summed E-state index contributed by atoms with van der Waals surface area (Å²) in [7, 11) is 0. The summed E-state index contributed by atoms with van der Waals surface area (Å²) in [6.45, 7) is 7.22. The van der Waals surface area contributed by atoms with Gasteiger partial charge in [0.15, 0.2) is 0 Å². The van der Waals surface area contributed by atoms with Crippen molar-refractivity contribution in [2.24, 2.45) is 0 Å². The van der Waals surface area contributed by atoms with Crippen LogP contribution in [0, 0.1) is 0 Å². The number of benzene rings is 2. The number of rotatable bonds is 7. The van der Waals surface area contributed by atoms with Crippen molar-refractivity contribution < 1.29 is 19.4 Å². The number of carbonyl (C=O) groups is 1. The van der Waals surface area contributed by atoms with E-state index < -0.39 is 5.60 Å². The highest BCUT2D eigenvalue weighted by molar-refractivity contribution is 5.71. The van der Waals surface area contributed by atoms with Crippen molar-refractivity contribution in [1.82, 2.24) is 9.88 Å². The van der Waals surface area contributed by atoms with Crippen molar-refractivity contribution >= 4 is 11.9 Å². The summed E-state index contributed by atoms with van der Waals surface area (Å²) in [4.78, 5) is 19.3. The van der Waals surface area contributed by atoms with E-state index in [9.17, 15) is 9.90 Å². The Kier molecular flexibility index (Phi) is 8.34. The minimum absolute atomic E-state index is 0.0303. The van der Waals surface area contributed by atoms with E-state index in [1.54, 1.807) is 4.90 Å². The lowest BCUT2D eigenvalue weighted by Crippen LogP contribution is -2.42. The molecule has 196 valence electrons. The molecule has 1 unspecified atom stereocenters. The van der Waals surface area contributed by atoms with Gasteiger partial charge in [-0.1, -0.05) is 42.5 Å². The van der Waals surface area contributed by atoms with Gasteiger partial charge in [0.2, 0.25) is 0 Å². The van der Waals surface area contributed by atoms with Gasteiger partial charge >= 0.3 is 6.09 Å². The molecule has 0 radical (unpaired) electrons. The lowest BCUT2D eigenvalue weighted by molar-refractivity contribution is 0.0198. The smallest absolute Gasteiger partial charge is 0.410 e. The third kappa shape index (κ3) is 6.80. The van der Waals surface area contributed by atoms with Crippen LogP contribution < -0.4 is 10.5 Å². The summed E-state index contributed by atoms with van der Waals surface area (Å²) in [5.41, 5.74) is 10.4. The molecular weight excluding hydrogens is 466 g/mol. The van der Waals surface area contributed by atoms with Crippen molar-refractivity contribution in [2.45, 2.75) is 58.2 Å². The highest BCUT2D eigenvalue weighted by Gasteiger charge is 2.30. The summed E-state index contributed by atoms with van der Waals surface area (Å²) < 4.78 is 11.8. The van der Waals surface area contributed by atoms with Gasteiger partial charge in [0.1, 0.15) is 23.8 Å². The lowest BCUT2D eigenvalue weighted by Gasteiger charge is -2.35. The van der Waals surface area contributed by atoms with Crippen LogP contribution in [-0.2, 0) is 17.8 Å². The second kappa shape index (κ2) is 11.6.